The van der Waals surface area contributed by atoms with Crippen molar-refractivity contribution in [3.8, 4) is 11.1 Å². The van der Waals surface area contributed by atoms with E-state index in [1.165, 1.54) is 27.6 Å². The number of nitrogens with one attached hydrogen (secondary N) is 3. The molecule has 8 rings (SSSR count). The SMILES string of the molecule is c1ccc(-c2cc3c4ccc(C5NC(c6ccccc6)NC(c6ccccc6)N5)cc4oc3c3ccccc23)cc1. The van der Waals surface area contributed by atoms with Gasteiger partial charge >= 0.3 is 0 Å². The van der Waals surface area contributed by atoms with E-state index < -0.39 is 0 Å². The lowest BCUT2D eigenvalue weighted by molar-refractivity contribution is 0.203. The van der Waals surface area contributed by atoms with Crippen LogP contribution < -0.4 is 16.0 Å². The van der Waals surface area contributed by atoms with Gasteiger partial charge in [-0.25, -0.2) is 0 Å². The fraction of sp³-hybridized carbons (Fsp3) is 0.0811. The van der Waals surface area contributed by atoms with Crippen molar-refractivity contribution >= 4 is 32.7 Å². The number of hydrogen-bond donors (Lipinski definition) is 3. The Bertz CT molecular complexity index is 1940. The van der Waals surface area contributed by atoms with E-state index in [0.717, 1.165) is 32.9 Å². The van der Waals surface area contributed by atoms with Crippen LogP contribution in [0, 0.1) is 0 Å². The smallest absolute Gasteiger partial charge is 0.143 e. The van der Waals surface area contributed by atoms with E-state index in [1.807, 2.05) is 0 Å². The van der Waals surface area contributed by atoms with Crippen LogP contribution in [0.2, 0.25) is 0 Å². The molecule has 0 amide bonds. The quantitative estimate of drug-likeness (QED) is 0.213. The standard InChI is InChI=1S/C37H29N3O/c1-4-12-24(13-5-1)31-23-32-29-21-20-27(22-33(29)41-34(32)30-19-11-10-18-28(30)31)37-39-35(25-14-6-2-7-15-25)38-36(40-37)26-16-8-3-9-17-26/h1-23,35-40H. The summed E-state index contributed by atoms with van der Waals surface area (Å²) in [6, 6.07) is 49.1. The molecule has 0 radical (unpaired) electrons. The normalized spacial score (nSPS) is 19.2. The van der Waals surface area contributed by atoms with E-state index in [4.69, 9.17) is 4.42 Å². The predicted molar refractivity (Wildman–Crippen MR) is 167 cm³/mol. The highest BCUT2D eigenvalue weighted by Gasteiger charge is 2.30. The Morgan fingerprint density at radius 3 is 1.59 bits per heavy atom. The van der Waals surface area contributed by atoms with Crippen molar-refractivity contribution in [1.29, 1.82) is 0 Å². The third-order valence-electron chi connectivity index (χ3n) is 8.19. The largest absolute Gasteiger partial charge is 0.455 e. The van der Waals surface area contributed by atoms with Gasteiger partial charge in [0.15, 0.2) is 0 Å². The molecule has 7 aromatic rings. The summed E-state index contributed by atoms with van der Waals surface area (Å²) in [7, 11) is 0. The second kappa shape index (κ2) is 10.0. The van der Waals surface area contributed by atoms with Gasteiger partial charge < -0.3 is 4.42 Å². The number of rotatable bonds is 4. The summed E-state index contributed by atoms with van der Waals surface area (Å²) in [5.74, 6) is 0. The molecule has 1 fully saturated rings. The Labute approximate surface area is 238 Å². The Morgan fingerprint density at radius 1 is 0.415 bits per heavy atom. The zero-order valence-corrected chi connectivity index (χ0v) is 22.4. The van der Waals surface area contributed by atoms with E-state index in [2.05, 4.69) is 155 Å². The van der Waals surface area contributed by atoms with Gasteiger partial charge in [-0.1, -0.05) is 127 Å². The first-order valence-corrected chi connectivity index (χ1v) is 14.1. The van der Waals surface area contributed by atoms with Crippen molar-refractivity contribution in [3.05, 3.63) is 156 Å². The molecule has 1 aliphatic rings. The first kappa shape index (κ1) is 24.1. The summed E-state index contributed by atoms with van der Waals surface area (Å²) >= 11 is 0. The first-order valence-electron chi connectivity index (χ1n) is 14.1. The maximum Gasteiger partial charge on any atom is 0.143 e. The molecule has 6 aromatic carbocycles. The molecular weight excluding hydrogens is 502 g/mol. The lowest BCUT2D eigenvalue weighted by atomic mass is 9.95. The van der Waals surface area contributed by atoms with Crippen LogP contribution in [0.5, 0.6) is 0 Å². The van der Waals surface area contributed by atoms with Crippen LogP contribution in [-0.2, 0) is 0 Å². The Hall–Kier alpha value is -4.74. The van der Waals surface area contributed by atoms with Crippen molar-refractivity contribution < 1.29 is 4.42 Å². The number of hydrogen-bond acceptors (Lipinski definition) is 4. The Balaban J connectivity index is 1.24. The van der Waals surface area contributed by atoms with E-state index in [9.17, 15) is 0 Å². The van der Waals surface area contributed by atoms with Crippen LogP contribution in [0.15, 0.2) is 144 Å². The van der Waals surface area contributed by atoms with E-state index in [1.54, 1.807) is 0 Å². The maximum absolute atomic E-state index is 6.64. The zero-order chi connectivity index (χ0) is 27.2. The molecule has 2 heterocycles. The molecule has 1 aromatic heterocycles. The summed E-state index contributed by atoms with van der Waals surface area (Å²) in [4.78, 5) is 0. The fourth-order valence-electron chi connectivity index (χ4n) is 6.16. The van der Waals surface area contributed by atoms with Gasteiger partial charge in [-0.2, -0.15) is 0 Å². The molecule has 41 heavy (non-hydrogen) atoms. The van der Waals surface area contributed by atoms with Gasteiger partial charge in [-0.3, -0.25) is 16.0 Å². The van der Waals surface area contributed by atoms with Gasteiger partial charge in [0.2, 0.25) is 0 Å². The fourth-order valence-corrected chi connectivity index (χ4v) is 6.16. The van der Waals surface area contributed by atoms with Crippen LogP contribution in [0.25, 0.3) is 43.8 Å². The highest BCUT2D eigenvalue weighted by Crippen LogP contribution is 2.40. The predicted octanol–water partition coefficient (Wildman–Crippen LogP) is 8.58. The number of furan rings is 1. The molecule has 4 nitrogen and oxygen atoms in total. The molecule has 2 atom stereocenters. The molecule has 1 saturated heterocycles. The molecule has 4 heteroatoms. The minimum Gasteiger partial charge on any atom is -0.455 e. The van der Waals surface area contributed by atoms with Crippen molar-refractivity contribution in [2.24, 2.45) is 0 Å². The third-order valence-corrected chi connectivity index (χ3v) is 8.19. The Morgan fingerprint density at radius 2 is 0.951 bits per heavy atom. The summed E-state index contributed by atoms with van der Waals surface area (Å²) in [5, 5.41) is 15.9. The van der Waals surface area contributed by atoms with Gasteiger partial charge in [0.25, 0.3) is 0 Å². The second-order valence-electron chi connectivity index (χ2n) is 10.7. The molecule has 0 saturated carbocycles. The van der Waals surface area contributed by atoms with Crippen molar-refractivity contribution in [2.45, 2.75) is 18.5 Å². The van der Waals surface area contributed by atoms with Crippen LogP contribution in [0.4, 0.5) is 0 Å². The molecule has 3 N–H and O–H groups in total. The van der Waals surface area contributed by atoms with Gasteiger partial charge in [0, 0.05) is 16.2 Å². The molecular formula is C37H29N3O. The average Bonchev–Trinajstić information content (AvgIpc) is 3.43. The molecule has 1 aliphatic heterocycles. The molecule has 0 bridgehead atoms. The van der Waals surface area contributed by atoms with Crippen molar-refractivity contribution in [1.82, 2.24) is 16.0 Å². The first-order chi connectivity index (χ1) is 20.3. The minimum atomic E-state index is -0.0825. The lowest BCUT2D eigenvalue weighted by Gasteiger charge is -2.39. The van der Waals surface area contributed by atoms with Gasteiger partial charge in [-0.05, 0) is 45.3 Å². The van der Waals surface area contributed by atoms with E-state index in [-0.39, 0.29) is 18.5 Å². The van der Waals surface area contributed by atoms with Gasteiger partial charge in [0.05, 0.1) is 18.5 Å². The Kier molecular flexibility index (Phi) is 5.89. The maximum atomic E-state index is 6.64. The molecule has 2 unspecified atom stereocenters. The topological polar surface area (TPSA) is 49.2 Å². The summed E-state index contributed by atoms with van der Waals surface area (Å²) in [5.41, 5.74) is 7.78. The van der Waals surface area contributed by atoms with E-state index >= 15 is 0 Å². The van der Waals surface area contributed by atoms with Crippen LogP contribution in [0.3, 0.4) is 0 Å². The second-order valence-corrected chi connectivity index (χ2v) is 10.7. The molecule has 0 aliphatic carbocycles. The van der Waals surface area contributed by atoms with Crippen LogP contribution in [-0.4, -0.2) is 0 Å². The molecule has 0 spiro atoms. The van der Waals surface area contributed by atoms with Gasteiger partial charge in [-0.15, -0.1) is 0 Å². The summed E-state index contributed by atoms with van der Waals surface area (Å²) in [6.45, 7) is 0. The average molecular weight is 532 g/mol. The number of benzene rings is 6. The summed E-state index contributed by atoms with van der Waals surface area (Å²) < 4.78 is 6.64. The highest BCUT2D eigenvalue weighted by atomic mass is 16.3. The highest BCUT2D eigenvalue weighted by molar-refractivity contribution is 6.19. The minimum absolute atomic E-state index is 0.0172. The third kappa shape index (κ3) is 4.30. The molecule has 198 valence electrons. The zero-order valence-electron chi connectivity index (χ0n) is 22.4. The van der Waals surface area contributed by atoms with Gasteiger partial charge in [0.1, 0.15) is 11.2 Å². The van der Waals surface area contributed by atoms with E-state index in [0.29, 0.717) is 0 Å². The van der Waals surface area contributed by atoms with Crippen LogP contribution in [0.1, 0.15) is 35.2 Å². The number of fused-ring (bicyclic) bond motifs is 5. The summed E-state index contributed by atoms with van der Waals surface area (Å²) in [6.07, 6.45) is -0.117. The monoisotopic (exact) mass is 531 g/mol. The van der Waals surface area contributed by atoms with Crippen molar-refractivity contribution in [3.63, 3.8) is 0 Å². The van der Waals surface area contributed by atoms with Crippen molar-refractivity contribution in [2.75, 3.05) is 0 Å². The lowest BCUT2D eigenvalue weighted by Crippen LogP contribution is -2.54. The van der Waals surface area contributed by atoms with Crippen LogP contribution >= 0.6 is 0 Å².